The van der Waals surface area contributed by atoms with Gasteiger partial charge in [0.2, 0.25) is 0 Å². The zero-order valence-electron chi connectivity index (χ0n) is 13.1. The molecule has 1 fully saturated rings. The Kier molecular flexibility index (Phi) is 3.74. The number of aromatic nitrogens is 2. The Morgan fingerprint density at radius 2 is 2.08 bits per heavy atom. The quantitative estimate of drug-likeness (QED) is 0.794. The SMILES string of the molecule is O=C(O)c1cnc(C2CCCN2Cc2cc3ccccc3o2)nc1. The van der Waals surface area contributed by atoms with Crippen LogP contribution < -0.4 is 0 Å². The van der Waals surface area contributed by atoms with E-state index in [0.29, 0.717) is 12.4 Å². The number of likely N-dealkylation sites (tertiary alicyclic amines) is 1. The molecule has 2 aromatic heterocycles. The predicted molar refractivity (Wildman–Crippen MR) is 87.6 cm³/mol. The molecule has 1 saturated heterocycles. The Balaban J connectivity index is 1.54. The summed E-state index contributed by atoms with van der Waals surface area (Å²) in [6.45, 7) is 1.65. The van der Waals surface area contributed by atoms with Crippen molar-refractivity contribution in [1.82, 2.24) is 14.9 Å². The van der Waals surface area contributed by atoms with E-state index in [2.05, 4.69) is 20.9 Å². The van der Waals surface area contributed by atoms with Crippen LogP contribution in [0.15, 0.2) is 47.1 Å². The third kappa shape index (κ3) is 2.76. The maximum absolute atomic E-state index is 10.9. The fourth-order valence-electron chi connectivity index (χ4n) is 3.24. The van der Waals surface area contributed by atoms with Crippen molar-refractivity contribution in [2.24, 2.45) is 0 Å². The third-order valence-corrected chi connectivity index (χ3v) is 4.42. The fraction of sp³-hybridized carbons (Fsp3) is 0.278. The number of fused-ring (bicyclic) bond motifs is 1. The number of aromatic carboxylic acids is 1. The molecular weight excluding hydrogens is 306 g/mol. The molecule has 0 spiro atoms. The molecular formula is C18H17N3O3. The lowest BCUT2D eigenvalue weighted by Gasteiger charge is -2.22. The van der Waals surface area contributed by atoms with Crippen LogP contribution in [0.1, 0.15) is 40.8 Å². The predicted octanol–water partition coefficient (Wildman–Crippen LogP) is 3.26. The van der Waals surface area contributed by atoms with Gasteiger partial charge < -0.3 is 9.52 Å². The zero-order valence-corrected chi connectivity index (χ0v) is 13.1. The lowest BCUT2D eigenvalue weighted by atomic mass is 10.2. The van der Waals surface area contributed by atoms with E-state index in [4.69, 9.17) is 9.52 Å². The number of carboxylic acid groups (broad SMARTS) is 1. The van der Waals surface area contributed by atoms with Gasteiger partial charge in [-0.2, -0.15) is 0 Å². The van der Waals surface area contributed by atoms with E-state index in [0.717, 1.165) is 36.1 Å². The Hall–Kier alpha value is -2.73. The van der Waals surface area contributed by atoms with Crippen LogP contribution in [0.3, 0.4) is 0 Å². The topological polar surface area (TPSA) is 79.5 Å². The molecule has 1 N–H and O–H groups in total. The van der Waals surface area contributed by atoms with E-state index >= 15 is 0 Å². The number of carbonyl (C=O) groups is 1. The number of rotatable bonds is 4. The summed E-state index contributed by atoms with van der Waals surface area (Å²) in [5.41, 5.74) is 1.01. The molecule has 1 atom stereocenters. The van der Waals surface area contributed by atoms with E-state index in [9.17, 15) is 4.79 Å². The van der Waals surface area contributed by atoms with Gasteiger partial charge in [-0.25, -0.2) is 14.8 Å². The van der Waals surface area contributed by atoms with Crippen LogP contribution in [-0.4, -0.2) is 32.5 Å². The van der Waals surface area contributed by atoms with Gasteiger partial charge in [-0.1, -0.05) is 18.2 Å². The first kappa shape index (κ1) is 14.8. The number of para-hydroxylation sites is 1. The maximum Gasteiger partial charge on any atom is 0.338 e. The molecule has 24 heavy (non-hydrogen) atoms. The minimum atomic E-state index is -1.01. The van der Waals surface area contributed by atoms with Crippen LogP contribution in [0.5, 0.6) is 0 Å². The normalized spacial score (nSPS) is 18.2. The van der Waals surface area contributed by atoms with Gasteiger partial charge in [0.25, 0.3) is 0 Å². The van der Waals surface area contributed by atoms with Crippen LogP contribution in [0.25, 0.3) is 11.0 Å². The molecule has 0 saturated carbocycles. The molecule has 6 nitrogen and oxygen atoms in total. The second-order valence-electron chi connectivity index (χ2n) is 6.01. The highest BCUT2D eigenvalue weighted by Gasteiger charge is 2.29. The van der Waals surface area contributed by atoms with Gasteiger partial charge in [0.05, 0.1) is 18.2 Å². The maximum atomic E-state index is 10.9. The standard InChI is InChI=1S/C18H17N3O3/c22-18(23)13-9-19-17(20-10-13)15-5-3-7-21(15)11-14-8-12-4-1-2-6-16(12)24-14/h1-2,4,6,8-10,15H,3,5,7,11H2,(H,22,23). The molecule has 1 aliphatic rings. The second-order valence-corrected chi connectivity index (χ2v) is 6.01. The number of hydrogen-bond acceptors (Lipinski definition) is 5. The first-order valence-corrected chi connectivity index (χ1v) is 7.97. The molecule has 0 amide bonds. The van der Waals surface area contributed by atoms with Gasteiger partial charge in [0.1, 0.15) is 17.2 Å². The summed E-state index contributed by atoms with van der Waals surface area (Å²) < 4.78 is 5.90. The Morgan fingerprint density at radius 1 is 1.29 bits per heavy atom. The van der Waals surface area contributed by atoms with Crippen LogP contribution in [0, 0.1) is 0 Å². The van der Waals surface area contributed by atoms with Gasteiger partial charge >= 0.3 is 5.97 Å². The molecule has 1 unspecified atom stereocenters. The van der Waals surface area contributed by atoms with Crippen LogP contribution in [0.4, 0.5) is 0 Å². The number of carboxylic acids is 1. The summed E-state index contributed by atoms with van der Waals surface area (Å²) in [5.74, 6) is 0.589. The summed E-state index contributed by atoms with van der Waals surface area (Å²) in [7, 11) is 0. The Bertz CT molecular complexity index is 840. The highest BCUT2D eigenvalue weighted by atomic mass is 16.4. The van der Waals surface area contributed by atoms with Crippen molar-refractivity contribution in [2.45, 2.75) is 25.4 Å². The molecule has 3 aromatic rings. The van der Waals surface area contributed by atoms with Crippen molar-refractivity contribution < 1.29 is 14.3 Å². The van der Waals surface area contributed by atoms with Crippen molar-refractivity contribution in [3.63, 3.8) is 0 Å². The average molecular weight is 323 g/mol. The first-order chi connectivity index (χ1) is 11.7. The fourth-order valence-corrected chi connectivity index (χ4v) is 3.24. The summed E-state index contributed by atoms with van der Waals surface area (Å²) in [5, 5.41) is 10.1. The highest BCUT2D eigenvalue weighted by molar-refractivity contribution is 5.86. The first-order valence-electron chi connectivity index (χ1n) is 7.97. The Labute approximate surface area is 138 Å². The molecule has 1 aliphatic heterocycles. The number of benzene rings is 1. The van der Waals surface area contributed by atoms with Gasteiger partial charge in [-0.05, 0) is 31.5 Å². The number of hydrogen-bond donors (Lipinski definition) is 1. The molecule has 0 radical (unpaired) electrons. The van der Waals surface area contributed by atoms with Gasteiger partial charge in [-0.15, -0.1) is 0 Å². The van der Waals surface area contributed by atoms with Crippen LogP contribution in [-0.2, 0) is 6.54 Å². The monoisotopic (exact) mass is 323 g/mol. The zero-order chi connectivity index (χ0) is 16.5. The highest BCUT2D eigenvalue weighted by Crippen LogP contribution is 2.32. The molecule has 1 aromatic carbocycles. The summed E-state index contributed by atoms with van der Waals surface area (Å²) in [6, 6.07) is 10.1. The lowest BCUT2D eigenvalue weighted by molar-refractivity contribution is 0.0695. The van der Waals surface area contributed by atoms with Crippen molar-refractivity contribution in [2.75, 3.05) is 6.54 Å². The average Bonchev–Trinajstić information content (AvgIpc) is 3.21. The van der Waals surface area contributed by atoms with Crippen molar-refractivity contribution >= 4 is 16.9 Å². The largest absolute Gasteiger partial charge is 0.478 e. The summed E-state index contributed by atoms with van der Waals surface area (Å²) in [6.07, 6.45) is 4.78. The van der Waals surface area contributed by atoms with Crippen molar-refractivity contribution in [3.8, 4) is 0 Å². The smallest absolute Gasteiger partial charge is 0.338 e. The summed E-state index contributed by atoms with van der Waals surface area (Å²) in [4.78, 5) is 21.7. The van der Waals surface area contributed by atoms with Gasteiger partial charge in [0, 0.05) is 17.8 Å². The van der Waals surface area contributed by atoms with E-state index in [1.54, 1.807) is 0 Å². The van der Waals surface area contributed by atoms with E-state index in [-0.39, 0.29) is 11.6 Å². The molecule has 3 heterocycles. The molecule has 0 aliphatic carbocycles. The second kappa shape index (κ2) is 6.05. The molecule has 4 rings (SSSR count). The summed E-state index contributed by atoms with van der Waals surface area (Å²) >= 11 is 0. The van der Waals surface area contributed by atoms with Gasteiger partial charge in [0.15, 0.2) is 0 Å². The third-order valence-electron chi connectivity index (χ3n) is 4.42. The Morgan fingerprint density at radius 3 is 2.83 bits per heavy atom. The number of nitrogens with zero attached hydrogens (tertiary/aromatic N) is 3. The molecule has 6 heteroatoms. The van der Waals surface area contributed by atoms with Crippen molar-refractivity contribution in [3.05, 3.63) is 59.9 Å². The van der Waals surface area contributed by atoms with Crippen LogP contribution in [0.2, 0.25) is 0 Å². The van der Waals surface area contributed by atoms with E-state index < -0.39 is 5.97 Å². The van der Waals surface area contributed by atoms with Gasteiger partial charge in [-0.3, -0.25) is 4.90 Å². The minimum absolute atomic E-state index is 0.0982. The lowest BCUT2D eigenvalue weighted by Crippen LogP contribution is -2.24. The number of furan rings is 1. The molecule has 122 valence electrons. The van der Waals surface area contributed by atoms with Crippen LogP contribution >= 0.6 is 0 Å². The van der Waals surface area contributed by atoms with Crippen molar-refractivity contribution in [1.29, 1.82) is 0 Å². The van der Waals surface area contributed by atoms with E-state index in [1.807, 2.05) is 24.3 Å². The van der Waals surface area contributed by atoms with E-state index in [1.165, 1.54) is 12.4 Å². The minimum Gasteiger partial charge on any atom is -0.478 e. The molecule has 0 bridgehead atoms.